The highest BCUT2D eigenvalue weighted by Crippen LogP contribution is 1.89. The van der Waals surface area contributed by atoms with Crippen LogP contribution < -0.4 is 10.7 Å². The van der Waals surface area contributed by atoms with Gasteiger partial charge in [-0.05, 0) is 46.0 Å². The molecule has 4 heteroatoms. The smallest absolute Gasteiger partial charge is 0.186 e. The molecule has 0 spiro atoms. The molecule has 0 aliphatic rings. The normalized spacial score (nSPS) is 10.6. The van der Waals surface area contributed by atoms with E-state index in [-0.39, 0.29) is 0 Å². The summed E-state index contributed by atoms with van der Waals surface area (Å²) in [6.07, 6.45) is 1.99. The summed E-state index contributed by atoms with van der Waals surface area (Å²) in [4.78, 5) is 0. The van der Waals surface area contributed by atoms with Crippen molar-refractivity contribution in [2.45, 2.75) is 27.7 Å². The van der Waals surface area contributed by atoms with Gasteiger partial charge < -0.3 is 5.32 Å². The Morgan fingerprint density at radius 3 is 2.46 bits per heavy atom. The number of nitrogens with one attached hydrogen (secondary N) is 2. The maximum absolute atomic E-state index is 4.94. The van der Waals surface area contributed by atoms with Gasteiger partial charge in [-0.3, -0.25) is 5.43 Å². The lowest BCUT2D eigenvalue weighted by Crippen LogP contribution is -2.32. The maximum Gasteiger partial charge on any atom is 0.186 e. The van der Waals surface area contributed by atoms with Crippen LogP contribution in [-0.2, 0) is 0 Å². The van der Waals surface area contributed by atoms with Gasteiger partial charge in [0.1, 0.15) is 0 Å². The molecule has 0 aliphatic heterocycles. The van der Waals surface area contributed by atoms with Gasteiger partial charge in [0, 0.05) is 6.54 Å². The maximum atomic E-state index is 4.94. The van der Waals surface area contributed by atoms with E-state index < -0.39 is 0 Å². The number of allylic oxidation sites excluding steroid dienone is 2. The topological polar surface area (TPSA) is 36.4 Å². The number of hydrogen-bond donors (Lipinski definition) is 2. The van der Waals surface area contributed by atoms with Gasteiger partial charge in [0.05, 0.1) is 5.71 Å². The molecule has 0 amide bonds. The zero-order valence-corrected chi connectivity index (χ0v) is 9.46. The van der Waals surface area contributed by atoms with Crippen molar-refractivity contribution >= 4 is 23.0 Å². The van der Waals surface area contributed by atoms with Crippen LogP contribution >= 0.6 is 12.2 Å². The van der Waals surface area contributed by atoms with Crippen LogP contribution in [0.1, 0.15) is 27.7 Å². The molecule has 0 bridgehead atoms. The predicted octanol–water partition coefficient (Wildman–Crippen LogP) is 1.81. The molecule has 0 fully saturated rings. The van der Waals surface area contributed by atoms with Crippen LogP contribution in [0.2, 0.25) is 0 Å². The monoisotopic (exact) mass is 199 g/mol. The summed E-state index contributed by atoms with van der Waals surface area (Å²) in [6, 6.07) is 0. The van der Waals surface area contributed by atoms with Crippen molar-refractivity contribution in [3.8, 4) is 0 Å². The van der Waals surface area contributed by atoms with Crippen molar-refractivity contribution < 1.29 is 0 Å². The lowest BCUT2D eigenvalue weighted by Gasteiger charge is -2.03. The first kappa shape index (κ1) is 12.1. The molecule has 0 aromatic rings. The molecule has 0 heterocycles. The van der Waals surface area contributed by atoms with E-state index in [2.05, 4.69) is 15.8 Å². The highest BCUT2D eigenvalue weighted by Gasteiger charge is 1.89. The molecule has 0 atom stereocenters. The highest BCUT2D eigenvalue weighted by atomic mass is 32.1. The number of rotatable bonds is 3. The summed E-state index contributed by atoms with van der Waals surface area (Å²) in [6.45, 7) is 8.78. The first-order valence-corrected chi connectivity index (χ1v) is 4.70. The van der Waals surface area contributed by atoms with E-state index in [1.54, 1.807) is 0 Å². The molecule has 0 aromatic heterocycles. The average molecular weight is 199 g/mol. The van der Waals surface area contributed by atoms with E-state index in [1.165, 1.54) is 5.57 Å². The minimum atomic E-state index is 0.559. The van der Waals surface area contributed by atoms with E-state index in [9.17, 15) is 0 Å². The Labute approximate surface area is 85.3 Å². The Kier molecular flexibility index (Phi) is 6.14. The number of hydrogen-bond acceptors (Lipinski definition) is 2. The van der Waals surface area contributed by atoms with Crippen LogP contribution in [0, 0.1) is 0 Å². The average Bonchev–Trinajstić information content (AvgIpc) is 2.00. The van der Waals surface area contributed by atoms with Crippen LogP contribution in [0.15, 0.2) is 16.8 Å². The lowest BCUT2D eigenvalue weighted by atomic mass is 10.3. The molecule has 0 rings (SSSR count). The number of hydrazone groups is 1. The third-order valence-electron chi connectivity index (χ3n) is 1.17. The molecule has 0 aliphatic carbocycles. The summed E-state index contributed by atoms with van der Waals surface area (Å²) in [5.41, 5.74) is 4.89. The molecule has 2 N–H and O–H groups in total. The summed E-state index contributed by atoms with van der Waals surface area (Å²) in [5, 5.41) is 7.58. The molecule has 0 radical (unpaired) electrons. The molecule has 0 saturated heterocycles. The molecule has 74 valence electrons. The molecule has 3 nitrogen and oxygen atoms in total. The van der Waals surface area contributed by atoms with Crippen molar-refractivity contribution in [2.75, 3.05) is 6.54 Å². The summed E-state index contributed by atoms with van der Waals surface area (Å²) in [5.74, 6) is 0. The molecule has 0 saturated carbocycles. The Morgan fingerprint density at radius 1 is 1.38 bits per heavy atom. The van der Waals surface area contributed by atoms with Crippen molar-refractivity contribution in [2.24, 2.45) is 5.10 Å². The Balaban J connectivity index is 3.97. The van der Waals surface area contributed by atoms with Crippen molar-refractivity contribution in [3.05, 3.63) is 11.6 Å². The molecular formula is C9H17N3S. The zero-order valence-electron chi connectivity index (χ0n) is 8.64. The quantitative estimate of drug-likeness (QED) is 0.413. The van der Waals surface area contributed by atoms with Gasteiger partial charge in [0.25, 0.3) is 0 Å². The Bertz CT molecular complexity index is 227. The third kappa shape index (κ3) is 7.46. The van der Waals surface area contributed by atoms with Crippen LogP contribution in [0.3, 0.4) is 0 Å². The van der Waals surface area contributed by atoms with Crippen molar-refractivity contribution in [1.82, 2.24) is 10.7 Å². The zero-order chi connectivity index (χ0) is 10.3. The van der Waals surface area contributed by atoms with E-state index in [4.69, 9.17) is 12.2 Å². The van der Waals surface area contributed by atoms with E-state index in [0.29, 0.717) is 5.11 Å². The van der Waals surface area contributed by atoms with E-state index in [1.807, 2.05) is 33.8 Å². The third-order valence-corrected chi connectivity index (χ3v) is 1.40. The Morgan fingerprint density at radius 2 is 2.00 bits per heavy atom. The molecule has 0 aromatic carbocycles. The van der Waals surface area contributed by atoms with Gasteiger partial charge >= 0.3 is 0 Å². The molecule has 0 unspecified atom stereocenters. The van der Waals surface area contributed by atoms with Gasteiger partial charge in [-0.15, -0.1) is 0 Å². The van der Waals surface area contributed by atoms with Gasteiger partial charge in [0.2, 0.25) is 0 Å². The largest absolute Gasteiger partial charge is 0.362 e. The van der Waals surface area contributed by atoms with Gasteiger partial charge in [-0.1, -0.05) is 5.57 Å². The fraction of sp³-hybridized carbons (Fsp3) is 0.556. The van der Waals surface area contributed by atoms with Crippen molar-refractivity contribution in [1.29, 1.82) is 0 Å². The predicted molar refractivity (Wildman–Crippen MR) is 62.0 cm³/mol. The van der Waals surface area contributed by atoms with Gasteiger partial charge in [-0.25, -0.2) is 0 Å². The summed E-state index contributed by atoms with van der Waals surface area (Å²) in [7, 11) is 0. The minimum absolute atomic E-state index is 0.559. The second kappa shape index (κ2) is 6.60. The fourth-order valence-corrected chi connectivity index (χ4v) is 0.979. The number of thiocarbonyl (C=S) groups is 1. The summed E-state index contributed by atoms with van der Waals surface area (Å²) < 4.78 is 0. The molecular weight excluding hydrogens is 182 g/mol. The van der Waals surface area contributed by atoms with Crippen LogP contribution in [0.4, 0.5) is 0 Å². The SMILES string of the molecule is CCNC(=S)N/N=C(/C)C=C(C)C. The second-order valence-corrected chi connectivity index (χ2v) is 3.35. The first-order valence-electron chi connectivity index (χ1n) is 4.29. The Hall–Kier alpha value is -0.900. The standard InChI is InChI=1S/C9H17N3S/c1-5-10-9(13)12-11-8(4)6-7(2)3/h6H,5H2,1-4H3,(H2,10,12,13)/b11-8-. The van der Waals surface area contributed by atoms with Crippen LogP contribution in [0.5, 0.6) is 0 Å². The fourth-order valence-electron chi connectivity index (χ4n) is 0.789. The van der Waals surface area contributed by atoms with Gasteiger partial charge in [-0.2, -0.15) is 5.10 Å². The van der Waals surface area contributed by atoms with Crippen LogP contribution in [-0.4, -0.2) is 17.4 Å². The minimum Gasteiger partial charge on any atom is -0.362 e. The first-order chi connectivity index (χ1) is 6.06. The van der Waals surface area contributed by atoms with Gasteiger partial charge in [0.15, 0.2) is 5.11 Å². The van der Waals surface area contributed by atoms with Crippen molar-refractivity contribution in [3.63, 3.8) is 0 Å². The second-order valence-electron chi connectivity index (χ2n) is 2.95. The summed E-state index contributed by atoms with van der Waals surface area (Å²) >= 11 is 4.94. The highest BCUT2D eigenvalue weighted by molar-refractivity contribution is 7.80. The number of nitrogens with zero attached hydrogens (tertiary/aromatic N) is 1. The van der Waals surface area contributed by atoms with E-state index >= 15 is 0 Å². The van der Waals surface area contributed by atoms with Crippen LogP contribution in [0.25, 0.3) is 0 Å². The molecule has 13 heavy (non-hydrogen) atoms. The van der Waals surface area contributed by atoms with E-state index in [0.717, 1.165) is 12.3 Å². The lowest BCUT2D eigenvalue weighted by molar-refractivity contribution is 0.901.